The molecule has 0 saturated carbocycles. The van der Waals surface area contributed by atoms with E-state index in [0.29, 0.717) is 28.6 Å². The molecule has 6 heteroatoms. The summed E-state index contributed by atoms with van der Waals surface area (Å²) in [6, 6.07) is 27.2. The Bertz CT molecular complexity index is 1390. The zero-order chi connectivity index (χ0) is 23.2. The standard InChI is InChI=1S/C27H19ClN2O3/c28-25-15-18(13-22(16-29)27(32)30-23-8-10-24(31)11-9-23)6-12-26(25)33-17-19-5-7-20-3-1-2-4-21(20)14-19/h1-15,31H,17H2,(H,30,32)/b22-13+. The molecule has 33 heavy (non-hydrogen) atoms. The first-order valence-corrected chi connectivity index (χ1v) is 10.5. The van der Waals surface area contributed by atoms with Gasteiger partial charge in [-0.3, -0.25) is 4.79 Å². The second kappa shape index (κ2) is 9.90. The van der Waals surface area contributed by atoms with Crippen molar-refractivity contribution in [2.75, 3.05) is 5.32 Å². The molecule has 0 aliphatic carbocycles. The van der Waals surface area contributed by atoms with Gasteiger partial charge in [-0.15, -0.1) is 0 Å². The van der Waals surface area contributed by atoms with Gasteiger partial charge in [0.05, 0.1) is 5.02 Å². The van der Waals surface area contributed by atoms with Crippen LogP contribution in [0.3, 0.4) is 0 Å². The number of carbonyl (C=O) groups is 1. The lowest BCUT2D eigenvalue weighted by molar-refractivity contribution is -0.112. The van der Waals surface area contributed by atoms with E-state index in [9.17, 15) is 15.2 Å². The summed E-state index contributed by atoms with van der Waals surface area (Å²) in [5, 5.41) is 24.0. The van der Waals surface area contributed by atoms with Crippen molar-refractivity contribution in [1.82, 2.24) is 0 Å². The molecule has 0 aromatic heterocycles. The molecule has 4 rings (SSSR count). The lowest BCUT2D eigenvalue weighted by atomic mass is 10.1. The van der Waals surface area contributed by atoms with E-state index in [1.165, 1.54) is 18.2 Å². The number of anilines is 1. The topological polar surface area (TPSA) is 82.3 Å². The number of nitriles is 1. The molecule has 0 fully saturated rings. The van der Waals surface area contributed by atoms with Crippen molar-refractivity contribution >= 4 is 40.0 Å². The van der Waals surface area contributed by atoms with Gasteiger partial charge in [0.25, 0.3) is 5.91 Å². The van der Waals surface area contributed by atoms with E-state index in [0.717, 1.165) is 16.3 Å². The third-order valence-electron chi connectivity index (χ3n) is 4.97. The highest BCUT2D eigenvalue weighted by Gasteiger charge is 2.11. The minimum atomic E-state index is -0.559. The number of rotatable bonds is 6. The van der Waals surface area contributed by atoms with Crippen LogP contribution in [0.15, 0.2) is 90.5 Å². The summed E-state index contributed by atoms with van der Waals surface area (Å²) < 4.78 is 5.88. The van der Waals surface area contributed by atoms with E-state index in [1.54, 1.807) is 30.3 Å². The number of carbonyl (C=O) groups excluding carboxylic acids is 1. The summed E-state index contributed by atoms with van der Waals surface area (Å²) in [6.07, 6.45) is 1.45. The van der Waals surface area contributed by atoms with E-state index in [-0.39, 0.29) is 11.3 Å². The van der Waals surface area contributed by atoms with Crippen molar-refractivity contribution < 1.29 is 14.6 Å². The number of ether oxygens (including phenoxy) is 1. The Morgan fingerprint density at radius 1 is 1.00 bits per heavy atom. The molecule has 0 spiro atoms. The largest absolute Gasteiger partial charge is 0.508 e. The van der Waals surface area contributed by atoms with Crippen molar-refractivity contribution in [3.63, 3.8) is 0 Å². The molecule has 4 aromatic rings. The number of hydrogen-bond donors (Lipinski definition) is 2. The predicted molar refractivity (Wildman–Crippen MR) is 130 cm³/mol. The summed E-state index contributed by atoms with van der Waals surface area (Å²) in [4.78, 5) is 12.4. The van der Waals surface area contributed by atoms with Gasteiger partial charge in [0, 0.05) is 5.69 Å². The van der Waals surface area contributed by atoms with Crippen LogP contribution in [0.4, 0.5) is 5.69 Å². The smallest absolute Gasteiger partial charge is 0.266 e. The Morgan fingerprint density at radius 3 is 2.48 bits per heavy atom. The molecule has 0 heterocycles. The van der Waals surface area contributed by atoms with Crippen molar-refractivity contribution in [3.8, 4) is 17.6 Å². The van der Waals surface area contributed by atoms with Gasteiger partial charge in [-0.25, -0.2) is 0 Å². The van der Waals surface area contributed by atoms with Gasteiger partial charge in [-0.1, -0.05) is 54.1 Å². The number of hydrogen-bond acceptors (Lipinski definition) is 4. The van der Waals surface area contributed by atoms with Crippen LogP contribution in [0.25, 0.3) is 16.8 Å². The highest BCUT2D eigenvalue weighted by Crippen LogP contribution is 2.28. The van der Waals surface area contributed by atoms with Crippen LogP contribution in [0.5, 0.6) is 11.5 Å². The lowest BCUT2D eigenvalue weighted by Gasteiger charge is -2.10. The van der Waals surface area contributed by atoms with Gasteiger partial charge >= 0.3 is 0 Å². The summed E-state index contributed by atoms with van der Waals surface area (Å²) in [6.45, 7) is 0.359. The Balaban J connectivity index is 1.45. The number of fused-ring (bicyclic) bond motifs is 1. The molecule has 162 valence electrons. The van der Waals surface area contributed by atoms with Gasteiger partial charge in [-0.05, 0) is 70.4 Å². The molecule has 0 bridgehead atoms. The van der Waals surface area contributed by atoms with Gasteiger partial charge in [0.1, 0.15) is 29.7 Å². The van der Waals surface area contributed by atoms with Gasteiger partial charge < -0.3 is 15.2 Å². The number of halogens is 1. The molecule has 1 amide bonds. The summed E-state index contributed by atoms with van der Waals surface area (Å²) >= 11 is 6.38. The zero-order valence-electron chi connectivity index (χ0n) is 17.5. The molecular formula is C27H19ClN2O3. The van der Waals surface area contributed by atoms with E-state index < -0.39 is 5.91 Å². The van der Waals surface area contributed by atoms with Crippen molar-refractivity contribution in [1.29, 1.82) is 5.26 Å². The third-order valence-corrected chi connectivity index (χ3v) is 5.26. The quantitative estimate of drug-likeness (QED) is 0.203. The van der Waals surface area contributed by atoms with Crippen LogP contribution in [-0.4, -0.2) is 11.0 Å². The minimum Gasteiger partial charge on any atom is -0.508 e. The minimum absolute atomic E-state index is 0.0797. The van der Waals surface area contributed by atoms with Gasteiger partial charge in [-0.2, -0.15) is 5.26 Å². The van der Waals surface area contributed by atoms with Crippen molar-refractivity contribution in [3.05, 3.63) is 107 Å². The second-order valence-electron chi connectivity index (χ2n) is 7.33. The molecule has 0 radical (unpaired) electrons. The van der Waals surface area contributed by atoms with Crippen molar-refractivity contribution in [2.45, 2.75) is 6.61 Å². The van der Waals surface area contributed by atoms with Gasteiger partial charge in [0.15, 0.2) is 0 Å². The van der Waals surface area contributed by atoms with Crippen molar-refractivity contribution in [2.24, 2.45) is 0 Å². The molecule has 0 atom stereocenters. The van der Waals surface area contributed by atoms with Crippen LogP contribution >= 0.6 is 11.6 Å². The summed E-state index contributed by atoms with van der Waals surface area (Å²) in [5.41, 5.74) is 2.00. The van der Waals surface area contributed by atoms with E-state index in [4.69, 9.17) is 16.3 Å². The predicted octanol–water partition coefficient (Wildman–Crippen LogP) is 6.32. The molecule has 2 N–H and O–H groups in total. The Hall–Kier alpha value is -4.27. The third kappa shape index (κ3) is 5.51. The monoisotopic (exact) mass is 454 g/mol. The van der Waals surface area contributed by atoms with Crippen LogP contribution < -0.4 is 10.1 Å². The highest BCUT2D eigenvalue weighted by atomic mass is 35.5. The first-order valence-electron chi connectivity index (χ1n) is 10.1. The maximum absolute atomic E-state index is 12.4. The zero-order valence-corrected chi connectivity index (χ0v) is 18.2. The number of nitrogens with one attached hydrogen (secondary N) is 1. The average molecular weight is 455 g/mol. The number of phenols is 1. The van der Waals surface area contributed by atoms with E-state index >= 15 is 0 Å². The number of amides is 1. The first-order chi connectivity index (χ1) is 16.0. The average Bonchev–Trinajstić information content (AvgIpc) is 2.83. The molecule has 4 aromatic carbocycles. The fourth-order valence-electron chi connectivity index (χ4n) is 3.27. The molecule has 0 aliphatic heterocycles. The molecule has 0 saturated heterocycles. The second-order valence-corrected chi connectivity index (χ2v) is 7.74. The highest BCUT2D eigenvalue weighted by molar-refractivity contribution is 6.32. The Morgan fingerprint density at radius 2 is 1.76 bits per heavy atom. The maximum Gasteiger partial charge on any atom is 0.266 e. The molecule has 0 aliphatic rings. The number of phenolic OH excluding ortho intramolecular Hbond substituents is 1. The summed E-state index contributed by atoms with van der Waals surface area (Å²) in [7, 11) is 0. The Kier molecular flexibility index (Phi) is 6.58. The number of benzene rings is 4. The van der Waals surface area contributed by atoms with Gasteiger partial charge in [0.2, 0.25) is 0 Å². The van der Waals surface area contributed by atoms with Crippen LogP contribution in [0.1, 0.15) is 11.1 Å². The fourth-order valence-corrected chi connectivity index (χ4v) is 3.52. The first kappa shape index (κ1) is 21.9. The SMILES string of the molecule is N#C/C(=C\c1ccc(OCc2ccc3ccccc3c2)c(Cl)c1)C(=O)Nc1ccc(O)cc1. The summed E-state index contributed by atoms with van der Waals surface area (Å²) in [5.74, 6) is 0.0339. The van der Waals surface area contributed by atoms with Crippen LogP contribution in [0, 0.1) is 11.3 Å². The molecular weight excluding hydrogens is 436 g/mol. The fraction of sp³-hybridized carbons (Fsp3) is 0.0370. The number of nitrogens with zero attached hydrogens (tertiary/aromatic N) is 1. The van der Waals surface area contributed by atoms with Crippen LogP contribution in [-0.2, 0) is 11.4 Å². The van der Waals surface area contributed by atoms with E-state index in [2.05, 4.69) is 29.6 Å². The van der Waals surface area contributed by atoms with Crippen LogP contribution in [0.2, 0.25) is 5.02 Å². The normalized spacial score (nSPS) is 11.1. The molecule has 0 unspecified atom stereocenters. The lowest BCUT2D eigenvalue weighted by Crippen LogP contribution is -2.13. The maximum atomic E-state index is 12.4. The Labute approximate surface area is 196 Å². The number of aromatic hydroxyl groups is 1. The van der Waals surface area contributed by atoms with E-state index in [1.807, 2.05) is 24.3 Å². The molecule has 5 nitrogen and oxygen atoms in total.